The first-order valence-corrected chi connectivity index (χ1v) is 7.38. The molecule has 5 heteroatoms. The Morgan fingerprint density at radius 1 is 1.29 bits per heavy atom. The van der Waals surface area contributed by atoms with E-state index in [1.54, 1.807) is 0 Å². The predicted octanol–water partition coefficient (Wildman–Crippen LogP) is 2.92. The van der Waals surface area contributed by atoms with E-state index in [-0.39, 0.29) is 34.3 Å². The van der Waals surface area contributed by atoms with Crippen molar-refractivity contribution >= 4 is 11.9 Å². The van der Waals surface area contributed by atoms with Crippen LogP contribution in [0.25, 0.3) is 0 Å². The van der Waals surface area contributed by atoms with Gasteiger partial charge in [0.15, 0.2) is 5.76 Å². The van der Waals surface area contributed by atoms with Crippen molar-refractivity contribution in [2.24, 2.45) is 16.7 Å². The zero-order valence-electron chi connectivity index (χ0n) is 12.6. The Morgan fingerprint density at radius 3 is 2.48 bits per heavy atom. The summed E-state index contributed by atoms with van der Waals surface area (Å²) in [6.07, 6.45) is 3.49. The molecule has 0 saturated heterocycles. The number of nitrogens with one attached hydrogen (secondary N) is 1. The van der Waals surface area contributed by atoms with Gasteiger partial charge in [0.05, 0.1) is 0 Å². The monoisotopic (exact) mass is 291 g/mol. The summed E-state index contributed by atoms with van der Waals surface area (Å²) in [5, 5.41) is 11.9. The van der Waals surface area contributed by atoms with Crippen molar-refractivity contribution in [3.05, 3.63) is 23.7 Å². The van der Waals surface area contributed by atoms with E-state index >= 15 is 0 Å². The van der Waals surface area contributed by atoms with Gasteiger partial charge in [-0.3, -0.25) is 4.79 Å². The molecular formula is C16H21NO4. The van der Waals surface area contributed by atoms with Crippen LogP contribution >= 0.6 is 0 Å². The van der Waals surface area contributed by atoms with Crippen molar-refractivity contribution in [1.29, 1.82) is 0 Å². The predicted molar refractivity (Wildman–Crippen MR) is 76.2 cm³/mol. The van der Waals surface area contributed by atoms with E-state index < -0.39 is 5.97 Å². The van der Waals surface area contributed by atoms with Crippen molar-refractivity contribution in [3.63, 3.8) is 0 Å². The molecular weight excluding hydrogens is 270 g/mol. The fraction of sp³-hybridized carbons (Fsp3) is 0.625. The lowest BCUT2D eigenvalue weighted by atomic mass is 9.68. The third kappa shape index (κ3) is 2.06. The lowest BCUT2D eigenvalue weighted by Gasteiger charge is -2.42. The molecule has 2 bridgehead atoms. The van der Waals surface area contributed by atoms with Crippen LogP contribution in [-0.2, 0) is 0 Å². The molecule has 1 aromatic rings. The van der Waals surface area contributed by atoms with Crippen molar-refractivity contribution in [1.82, 2.24) is 5.32 Å². The van der Waals surface area contributed by atoms with Crippen molar-refractivity contribution in [2.75, 3.05) is 0 Å². The molecule has 3 rings (SSSR count). The highest BCUT2D eigenvalue weighted by Gasteiger charge is 2.59. The quantitative estimate of drug-likeness (QED) is 0.897. The number of carbonyl (C=O) groups is 2. The normalized spacial score (nSPS) is 33.1. The maximum Gasteiger partial charge on any atom is 0.371 e. The van der Waals surface area contributed by atoms with Crippen LogP contribution in [0.2, 0.25) is 0 Å². The molecule has 114 valence electrons. The van der Waals surface area contributed by atoms with Crippen LogP contribution in [0.4, 0.5) is 0 Å². The Hall–Kier alpha value is -1.78. The van der Waals surface area contributed by atoms with Crippen LogP contribution in [0.5, 0.6) is 0 Å². The van der Waals surface area contributed by atoms with Crippen LogP contribution < -0.4 is 5.32 Å². The lowest BCUT2D eigenvalue weighted by Crippen LogP contribution is -2.52. The van der Waals surface area contributed by atoms with Crippen molar-refractivity contribution in [3.8, 4) is 0 Å². The summed E-state index contributed by atoms with van der Waals surface area (Å²) in [7, 11) is 0. The van der Waals surface area contributed by atoms with E-state index in [2.05, 4.69) is 26.1 Å². The first kappa shape index (κ1) is 14.2. The van der Waals surface area contributed by atoms with Gasteiger partial charge in [-0.05, 0) is 48.1 Å². The summed E-state index contributed by atoms with van der Waals surface area (Å²) in [6, 6.07) is 2.82. The van der Waals surface area contributed by atoms with Gasteiger partial charge in [0, 0.05) is 6.04 Å². The van der Waals surface area contributed by atoms with Crippen molar-refractivity contribution in [2.45, 2.75) is 46.1 Å². The van der Waals surface area contributed by atoms with E-state index in [1.165, 1.54) is 18.6 Å². The fourth-order valence-electron chi connectivity index (χ4n) is 4.44. The average Bonchev–Trinajstić information content (AvgIpc) is 3.05. The van der Waals surface area contributed by atoms with Crippen LogP contribution in [0, 0.1) is 16.7 Å². The molecule has 2 aliphatic carbocycles. The van der Waals surface area contributed by atoms with Gasteiger partial charge in [0.25, 0.3) is 5.91 Å². The zero-order valence-corrected chi connectivity index (χ0v) is 12.6. The van der Waals surface area contributed by atoms with E-state index in [4.69, 9.17) is 9.52 Å². The second-order valence-corrected chi connectivity index (χ2v) is 7.29. The van der Waals surface area contributed by atoms with Gasteiger partial charge in [-0.2, -0.15) is 0 Å². The molecule has 2 saturated carbocycles. The largest absolute Gasteiger partial charge is 0.475 e. The molecule has 0 aromatic carbocycles. The Balaban J connectivity index is 1.79. The van der Waals surface area contributed by atoms with E-state index in [0.717, 1.165) is 12.8 Å². The molecule has 0 spiro atoms. The molecule has 2 aliphatic rings. The van der Waals surface area contributed by atoms with Gasteiger partial charge >= 0.3 is 5.97 Å². The van der Waals surface area contributed by atoms with Gasteiger partial charge < -0.3 is 14.8 Å². The standard InChI is InChI=1S/C16H21NO4/c1-15(2)9-6-7-16(3,8-9)14(15)17-12(18)10-4-5-11(21-10)13(19)20/h4-5,9,14H,6-8H2,1-3H3,(H,17,18)(H,19,20). The number of aromatic carboxylic acids is 1. The van der Waals surface area contributed by atoms with Crippen LogP contribution in [0.15, 0.2) is 16.5 Å². The van der Waals surface area contributed by atoms with Gasteiger partial charge in [-0.25, -0.2) is 4.79 Å². The molecule has 3 unspecified atom stereocenters. The maximum absolute atomic E-state index is 12.3. The summed E-state index contributed by atoms with van der Waals surface area (Å²) in [6.45, 7) is 6.65. The molecule has 0 aliphatic heterocycles. The second-order valence-electron chi connectivity index (χ2n) is 7.29. The summed E-state index contributed by atoms with van der Waals surface area (Å²) >= 11 is 0. The molecule has 5 nitrogen and oxygen atoms in total. The second kappa shape index (κ2) is 4.36. The van der Waals surface area contributed by atoms with E-state index in [0.29, 0.717) is 5.92 Å². The number of rotatable bonds is 3. The van der Waals surface area contributed by atoms with E-state index in [1.807, 2.05) is 0 Å². The van der Waals surface area contributed by atoms with Gasteiger partial charge in [0.1, 0.15) is 0 Å². The summed E-state index contributed by atoms with van der Waals surface area (Å²) in [5.41, 5.74) is 0.191. The molecule has 3 atom stereocenters. The molecule has 1 amide bonds. The lowest BCUT2D eigenvalue weighted by molar-refractivity contribution is 0.0649. The van der Waals surface area contributed by atoms with Crippen LogP contribution in [-0.4, -0.2) is 23.0 Å². The average molecular weight is 291 g/mol. The summed E-state index contributed by atoms with van der Waals surface area (Å²) < 4.78 is 5.09. The molecule has 2 N–H and O–H groups in total. The maximum atomic E-state index is 12.3. The molecule has 2 fully saturated rings. The Kier molecular flexibility index (Phi) is 2.94. The zero-order chi connectivity index (χ0) is 15.4. The number of furan rings is 1. The van der Waals surface area contributed by atoms with Gasteiger partial charge in [0.2, 0.25) is 5.76 Å². The number of carbonyl (C=O) groups excluding carboxylic acids is 1. The van der Waals surface area contributed by atoms with Crippen LogP contribution in [0.3, 0.4) is 0 Å². The number of carboxylic acid groups (broad SMARTS) is 1. The number of hydrogen-bond donors (Lipinski definition) is 2. The molecule has 0 radical (unpaired) electrons. The topological polar surface area (TPSA) is 79.5 Å². The number of amides is 1. The fourth-order valence-corrected chi connectivity index (χ4v) is 4.44. The van der Waals surface area contributed by atoms with Crippen LogP contribution in [0.1, 0.15) is 61.1 Å². The number of hydrogen-bond acceptors (Lipinski definition) is 3. The van der Waals surface area contributed by atoms with Gasteiger partial charge in [-0.15, -0.1) is 0 Å². The SMILES string of the molecule is CC12CCC(C1)C(C)(C)C2NC(=O)c1ccc(C(=O)O)o1. The van der Waals surface area contributed by atoms with Gasteiger partial charge in [-0.1, -0.05) is 20.8 Å². The highest BCUT2D eigenvalue weighted by atomic mass is 16.4. The molecule has 1 heterocycles. The summed E-state index contributed by atoms with van der Waals surface area (Å²) in [4.78, 5) is 23.2. The Bertz CT molecular complexity index is 598. The highest BCUT2D eigenvalue weighted by Crippen LogP contribution is 2.62. The minimum Gasteiger partial charge on any atom is -0.475 e. The third-order valence-corrected chi connectivity index (χ3v) is 5.59. The Morgan fingerprint density at radius 2 is 1.95 bits per heavy atom. The molecule has 21 heavy (non-hydrogen) atoms. The number of carboxylic acids is 1. The highest BCUT2D eigenvalue weighted by molar-refractivity contribution is 5.93. The first-order chi connectivity index (χ1) is 9.74. The first-order valence-electron chi connectivity index (χ1n) is 7.38. The molecule has 1 aromatic heterocycles. The smallest absolute Gasteiger partial charge is 0.371 e. The minimum atomic E-state index is -1.17. The summed E-state index contributed by atoms with van der Waals surface area (Å²) in [5.74, 6) is -0.997. The van der Waals surface area contributed by atoms with E-state index in [9.17, 15) is 9.59 Å². The number of fused-ring (bicyclic) bond motifs is 2. The third-order valence-electron chi connectivity index (χ3n) is 5.59. The van der Waals surface area contributed by atoms with Crippen molar-refractivity contribution < 1.29 is 19.1 Å². The Labute approximate surface area is 123 Å². The minimum absolute atomic E-state index is 0.0604.